The fourth-order valence-corrected chi connectivity index (χ4v) is 4.09. The van der Waals surface area contributed by atoms with Gasteiger partial charge in [-0.3, -0.25) is 4.79 Å². The summed E-state index contributed by atoms with van der Waals surface area (Å²) in [5, 5.41) is 9.23. The van der Waals surface area contributed by atoms with E-state index in [1.165, 1.54) is 36.6 Å². The van der Waals surface area contributed by atoms with Gasteiger partial charge in [0.1, 0.15) is 16.3 Å². The molecule has 0 spiro atoms. The predicted molar refractivity (Wildman–Crippen MR) is 122 cm³/mol. The molecule has 1 unspecified atom stereocenters. The van der Waals surface area contributed by atoms with Crippen LogP contribution in [0.25, 0.3) is 0 Å². The number of halogens is 5. The summed E-state index contributed by atoms with van der Waals surface area (Å²) < 4.78 is 65.7. The Kier molecular flexibility index (Phi) is 7.11. The average Bonchev–Trinajstić information content (AvgIpc) is 2.70. The third kappa shape index (κ3) is 5.60. The Labute approximate surface area is 203 Å². The van der Waals surface area contributed by atoms with E-state index in [1.54, 1.807) is 13.0 Å². The van der Waals surface area contributed by atoms with Crippen LogP contribution in [0, 0.1) is 18.6 Å². The first-order chi connectivity index (χ1) is 15.7. The number of benzene rings is 2. The summed E-state index contributed by atoms with van der Waals surface area (Å²) in [4.78, 5) is 13.2. The van der Waals surface area contributed by atoms with Crippen LogP contribution in [0.5, 0.6) is 11.6 Å². The number of carbonyl (C=O) groups is 1. The zero-order valence-corrected chi connectivity index (χ0v) is 20.2. The molecule has 1 atom stereocenters. The number of alkyl halides is 3. The zero-order valence-electron chi connectivity index (χ0n) is 17.9. The van der Waals surface area contributed by atoms with Crippen molar-refractivity contribution in [3.8, 4) is 11.6 Å². The SMILES string of the molecule is Cc1cc(Cl)c(Cl)c(Oc2nnc(C(F)(F)F)c(C)c2C(=O)Nc2cccc(S(C)(=N)=O)c2)c1. The molecule has 0 aliphatic heterocycles. The Morgan fingerprint density at radius 3 is 2.44 bits per heavy atom. The van der Waals surface area contributed by atoms with Crippen LogP contribution in [0.1, 0.15) is 27.2 Å². The summed E-state index contributed by atoms with van der Waals surface area (Å²) in [5.41, 5.74) is -1.68. The fourth-order valence-electron chi connectivity index (χ4n) is 2.99. The Bertz CT molecular complexity index is 1400. The van der Waals surface area contributed by atoms with Crippen molar-refractivity contribution in [3.63, 3.8) is 0 Å². The van der Waals surface area contributed by atoms with Gasteiger partial charge < -0.3 is 10.1 Å². The van der Waals surface area contributed by atoms with Crippen molar-refractivity contribution in [3.05, 3.63) is 68.8 Å². The van der Waals surface area contributed by atoms with Crippen LogP contribution in [0.3, 0.4) is 0 Å². The number of amides is 1. The summed E-state index contributed by atoms with van der Waals surface area (Å²) in [6.07, 6.45) is -3.68. The Balaban J connectivity index is 2.11. The van der Waals surface area contributed by atoms with E-state index in [1.807, 2.05) is 0 Å². The summed E-state index contributed by atoms with van der Waals surface area (Å²) in [6.45, 7) is 2.75. The monoisotopic (exact) mass is 532 g/mol. The average molecular weight is 533 g/mol. The van der Waals surface area contributed by atoms with E-state index >= 15 is 0 Å². The molecule has 0 fully saturated rings. The molecule has 0 radical (unpaired) electrons. The summed E-state index contributed by atoms with van der Waals surface area (Å²) in [7, 11) is -3.10. The maximum Gasteiger partial charge on any atom is 0.435 e. The van der Waals surface area contributed by atoms with Crippen LogP contribution in [0.15, 0.2) is 41.3 Å². The molecule has 34 heavy (non-hydrogen) atoms. The first-order valence-electron chi connectivity index (χ1n) is 9.41. The van der Waals surface area contributed by atoms with Crippen molar-refractivity contribution in [1.82, 2.24) is 10.2 Å². The minimum absolute atomic E-state index is 0.0289. The van der Waals surface area contributed by atoms with Gasteiger partial charge in [0.2, 0.25) is 0 Å². The lowest BCUT2D eigenvalue weighted by Crippen LogP contribution is -2.21. The number of hydrogen-bond acceptors (Lipinski definition) is 6. The number of nitrogens with zero attached hydrogens (tertiary/aromatic N) is 2. The predicted octanol–water partition coefficient (Wildman–Crippen LogP) is 6.50. The maximum atomic E-state index is 13.5. The molecule has 13 heteroatoms. The molecule has 1 aromatic heterocycles. The highest BCUT2D eigenvalue weighted by Gasteiger charge is 2.38. The third-order valence-corrected chi connectivity index (χ3v) is 6.51. The van der Waals surface area contributed by atoms with E-state index in [-0.39, 0.29) is 26.4 Å². The second kappa shape index (κ2) is 9.40. The highest BCUT2D eigenvalue weighted by Crippen LogP contribution is 2.39. The molecule has 0 aliphatic rings. The quantitative estimate of drug-likeness (QED) is 0.390. The van der Waals surface area contributed by atoms with Gasteiger partial charge >= 0.3 is 6.18 Å². The summed E-state index contributed by atoms with van der Waals surface area (Å²) in [6, 6.07) is 8.63. The topological polar surface area (TPSA) is 105 Å². The van der Waals surface area contributed by atoms with Gasteiger partial charge in [-0.25, -0.2) is 8.99 Å². The molecule has 3 rings (SSSR count). The molecular weight excluding hydrogens is 516 g/mol. The third-order valence-electron chi connectivity index (χ3n) is 4.57. The largest absolute Gasteiger partial charge is 0.435 e. The van der Waals surface area contributed by atoms with E-state index in [2.05, 4.69) is 15.5 Å². The fraction of sp³-hybridized carbons (Fsp3) is 0.190. The van der Waals surface area contributed by atoms with E-state index in [0.717, 1.165) is 6.92 Å². The molecule has 2 aromatic carbocycles. The number of nitrogens with one attached hydrogen (secondary N) is 2. The lowest BCUT2D eigenvalue weighted by Gasteiger charge is -2.17. The van der Waals surface area contributed by atoms with Crippen molar-refractivity contribution in [2.45, 2.75) is 24.9 Å². The van der Waals surface area contributed by atoms with Crippen LogP contribution < -0.4 is 10.1 Å². The van der Waals surface area contributed by atoms with Gasteiger partial charge in [-0.2, -0.15) is 13.2 Å². The molecule has 0 aliphatic carbocycles. The van der Waals surface area contributed by atoms with Gasteiger partial charge in [0.05, 0.1) is 14.8 Å². The zero-order chi connectivity index (χ0) is 25.4. The molecule has 0 saturated carbocycles. The maximum absolute atomic E-state index is 13.5. The van der Waals surface area contributed by atoms with Gasteiger partial charge in [0, 0.05) is 16.8 Å². The van der Waals surface area contributed by atoms with Gasteiger partial charge in [-0.05, 0) is 55.3 Å². The van der Waals surface area contributed by atoms with Gasteiger partial charge in [-0.15, -0.1) is 10.2 Å². The van der Waals surface area contributed by atoms with Crippen molar-refractivity contribution in [2.75, 3.05) is 11.6 Å². The summed E-state index contributed by atoms with van der Waals surface area (Å²) >= 11 is 12.2. The molecule has 3 aromatic rings. The number of anilines is 1. The lowest BCUT2D eigenvalue weighted by molar-refractivity contribution is -0.142. The molecule has 2 N–H and O–H groups in total. The molecule has 180 valence electrons. The van der Waals surface area contributed by atoms with E-state index in [0.29, 0.717) is 5.56 Å². The first kappa shape index (κ1) is 25.7. The molecular formula is C21H17Cl2F3N4O3S. The second-order valence-corrected chi connectivity index (χ2v) is 10.3. The highest BCUT2D eigenvalue weighted by molar-refractivity contribution is 7.91. The number of rotatable bonds is 5. The van der Waals surface area contributed by atoms with Crippen molar-refractivity contribution in [2.24, 2.45) is 0 Å². The minimum Gasteiger partial charge on any atom is -0.435 e. The van der Waals surface area contributed by atoms with Crippen LogP contribution in [-0.4, -0.2) is 26.6 Å². The first-order valence-corrected chi connectivity index (χ1v) is 12.1. The smallest absolute Gasteiger partial charge is 0.435 e. The number of aromatic nitrogens is 2. The van der Waals surface area contributed by atoms with E-state index < -0.39 is 44.5 Å². The Morgan fingerprint density at radius 1 is 1.15 bits per heavy atom. The van der Waals surface area contributed by atoms with Crippen LogP contribution in [0.2, 0.25) is 10.0 Å². The summed E-state index contributed by atoms with van der Waals surface area (Å²) in [5.74, 6) is -1.55. The normalized spacial score (nSPS) is 13.3. The van der Waals surface area contributed by atoms with E-state index in [4.69, 9.17) is 32.7 Å². The highest BCUT2D eigenvalue weighted by atomic mass is 35.5. The lowest BCUT2D eigenvalue weighted by atomic mass is 10.1. The minimum atomic E-state index is -4.88. The number of ether oxygens (including phenoxy) is 1. The number of aryl methyl sites for hydroxylation is 1. The molecule has 1 heterocycles. The van der Waals surface area contributed by atoms with Gasteiger partial charge in [0.15, 0.2) is 5.69 Å². The van der Waals surface area contributed by atoms with Gasteiger partial charge in [-0.1, -0.05) is 29.3 Å². The second-order valence-electron chi connectivity index (χ2n) is 7.34. The Morgan fingerprint density at radius 2 is 1.82 bits per heavy atom. The molecule has 7 nitrogen and oxygen atoms in total. The van der Waals surface area contributed by atoms with Gasteiger partial charge in [0.25, 0.3) is 11.8 Å². The van der Waals surface area contributed by atoms with Crippen LogP contribution >= 0.6 is 23.2 Å². The van der Waals surface area contributed by atoms with Crippen molar-refractivity contribution in [1.29, 1.82) is 4.78 Å². The van der Waals surface area contributed by atoms with Crippen LogP contribution in [0.4, 0.5) is 18.9 Å². The van der Waals surface area contributed by atoms with Crippen molar-refractivity contribution < 1.29 is 26.9 Å². The number of hydrogen-bond donors (Lipinski definition) is 2. The Hall–Kier alpha value is -2.89. The van der Waals surface area contributed by atoms with Crippen molar-refractivity contribution >= 4 is 44.5 Å². The molecule has 0 saturated heterocycles. The molecule has 1 amide bonds. The molecule has 0 bridgehead atoms. The van der Waals surface area contributed by atoms with Crippen LogP contribution in [-0.2, 0) is 15.9 Å². The standard InChI is InChI=1S/C21H17Cl2F3N4O3S/c1-10-7-14(22)17(23)15(8-10)33-20-16(11(2)18(29-30-20)21(24,25)26)19(31)28-12-5-4-6-13(9-12)34(3,27)32/h4-9,27H,1-3H3,(H,28,31). The van der Waals surface area contributed by atoms with E-state index in [9.17, 15) is 22.2 Å². The number of carbonyl (C=O) groups excluding carboxylic acids is 1.